The van der Waals surface area contributed by atoms with Crippen molar-refractivity contribution in [2.24, 2.45) is 13.0 Å². The molecule has 1 amide bonds. The molecule has 1 aliphatic rings. The first-order valence-electron chi connectivity index (χ1n) is 7.79. The average molecular weight is 350 g/mol. The molecule has 0 unspecified atom stereocenters. The minimum absolute atomic E-state index is 0.0532. The van der Waals surface area contributed by atoms with E-state index in [0.29, 0.717) is 30.3 Å². The van der Waals surface area contributed by atoms with Gasteiger partial charge in [0, 0.05) is 43.2 Å². The van der Waals surface area contributed by atoms with Gasteiger partial charge >= 0.3 is 0 Å². The van der Waals surface area contributed by atoms with E-state index in [2.05, 4.69) is 10.3 Å². The quantitative estimate of drug-likeness (QED) is 0.900. The molecular weight excluding hydrogens is 330 g/mol. The lowest BCUT2D eigenvalue weighted by molar-refractivity contribution is -0.127. The van der Waals surface area contributed by atoms with E-state index in [9.17, 15) is 4.79 Å². The van der Waals surface area contributed by atoms with Crippen LogP contribution in [-0.4, -0.2) is 29.2 Å². The zero-order valence-electron chi connectivity index (χ0n) is 13.7. The smallest absolute Gasteiger partial charge is 0.226 e. The van der Waals surface area contributed by atoms with Crippen molar-refractivity contribution in [3.8, 4) is 5.75 Å². The fraction of sp³-hybridized carbons (Fsp3) is 0.412. The number of hydrogen-bond acceptors (Lipinski definition) is 4. The van der Waals surface area contributed by atoms with E-state index in [4.69, 9.17) is 21.1 Å². The number of rotatable bonds is 5. The lowest BCUT2D eigenvalue weighted by Crippen LogP contribution is -2.32. The first-order valence-corrected chi connectivity index (χ1v) is 8.17. The summed E-state index contributed by atoms with van der Waals surface area (Å²) >= 11 is 6.03. The van der Waals surface area contributed by atoms with Crippen LogP contribution in [0.25, 0.3) is 0 Å². The molecule has 2 atom stereocenters. The zero-order chi connectivity index (χ0) is 17.1. The Morgan fingerprint density at radius 2 is 2.38 bits per heavy atom. The SMILES string of the molecule is COc1ccc(Cl)cc1CNC(=O)[C@@H]1CCO[C@H]1c1nccn1C. The lowest BCUT2D eigenvalue weighted by Gasteiger charge is -2.18. The molecule has 0 aliphatic carbocycles. The third-order valence-corrected chi connectivity index (χ3v) is 4.47. The highest BCUT2D eigenvalue weighted by Crippen LogP contribution is 2.33. The lowest BCUT2D eigenvalue weighted by atomic mass is 9.99. The van der Waals surface area contributed by atoms with Gasteiger partial charge in [-0.15, -0.1) is 0 Å². The number of carbonyl (C=O) groups is 1. The maximum absolute atomic E-state index is 12.6. The summed E-state index contributed by atoms with van der Waals surface area (Å²) in [4.78, 5) is 16.9. The van der Waals surface area contributed by atoms with E-state index in [1.807, 2.05) is 17.8 Å². The summed E-state index contributed by atoms with van der Waals surface area (Å²) in [5.74, 6) is 1.16. The predicted octanol–water partition coefficient (Wildman–Crippen LogP) is 2.48. The van der Waals surface area contributed by atoms with E-state index in [1.165, 1.54) is 0 Å². The Morgan fingerprint density at radius 1 is 1.54 bits per heavy atom. The Balaban J connectivity index is 1.69. The summed E-state index contributed by atoms with van der Waals surface area (Å²) in [5.41, 5.74) is 0.839. The van der Waals surface area contributed by atoms with Gasteiger partial charge in [-0.3, -0.25) is 4.79 Å². The Labute approximate surface area is 145 Å². The number of halogens is 1. The first kappa shape index (κ1) is 16.8. The van der Waals surface area contributed by atoms with Crippen LogP contribution in [0.1, 0.15) is 23.9 Å². The first-order chi connectivity index (χ1) is 11.6. The Bertz CT molecular complexity index is 732. The van der Waals surface area contributed by atoms with Crippen LogP contribution >= 0.6 is 11.6 Å². The monoisotopic (exact) mass is 349 g/mol. The van der Waals surface area contributed by atoms with Crippen LogP contribution in [-0.2, 0) is 23.1 Å². The number of nitrogens with one attached hydrogen (secondary N) is 1. The van der Waals surface area contributed by atoms with Crippen molar-refractivity contribution in [3.05, 3.63) is 47.0 Å². The van der Waals surface area contributed by atoms with Crippen molar-refractivity contribution in [3.63, 3.8) is 0 Å². The number of carbonyl (C=O) groups excluding carboxylic acids is 1. The minimum atomic E-state index is -0.314. The molecule has 1 aliphatic heterocycles. The fourth-order valence-electron chi connectivity index (χ4n) is 2.96. The fourth-order valence-corrected chi connectivity index (χ4v) is 3.16. The number of nitrogens with zero attached hydrogens (tertiary/aromatic N) is 2. The van der Waals surface area contributed by atoms with Gasteiger partial charge in [-0.1, -0.05) is 11.6 Å². The van der Waals surface area contributed by atoms with Crippen molar-refractivity contribution in [1.82, 2.24) is 14.9 Å². The van der Waals surface area contributed by atoms with E-state index in [0.717, 1.165) is 11.4 Å². The van der Waals surface area contributed by atoms with Crippen LogP contribution in [0, 0.1) is 5.92 Å². The van der Waals surface area contributed by atoms with Gasteiger partial charge in [-0.25, -0.2) is 4.98 Å². The molecule has 2 aromatic rings. The highest BCUT2D eigenvalue weighted by Gasteiger charge is 2.37. The molecule has 128 valence electrons. The summed E-state index contributed by atoms with van der Waals surface area (Å²) in [5, 5.41) is 3.57. The molecule has 1 N–H and O–H groups in total. The molecule has 0 bridgehead atoms. The molecule has 1 fully saturated rings. The van der Waals surface area contributed by atoms with E-state index < -0.39 is 0 Å². The normalized spacial score (nSPS) is 20.1. The molecular formula is C17H20ClN3O3. The van der Waals surface area contributed by atoms with Crippen LogP contribution in [0.3, 0.4) is 0 Å². The summed E-state index contributed by atoms with van der Waals surface area (Å²) < 4.78 is 12.9. The van der Waals surface area contributed by atoms with Crippen LogP contribution in [0.15, 0.2) is 30.6 Å². The highest BCUT2D eigenvalue weighted by molar-refractivity contribution is 6.30. The Kier molecular flexibility index (Phi) is 5.06. The van der Waals surface area contributed by atoms with Crippen LogP contribution in [0.5, 0.6) is 5.75 Å². The van der Waals surface area contributed by atoms with Crippen LogP contribution in [0.4, 0.5) is 0 Å². The van der Waals surface area contributed by atoms with E-state index in [1.54, 1.807) is 31.5 Å². The molecule has 0 radical (unpaired) electrons. The highest BCUT2D eigenvalue weighted by atomic mass is 35.5. The maximum atomic E-state index is 12.6. The Hall–Kier alpha value is -2.05. The molecule has 7 heteroatoms. The number of aryl methyl sites for hydroxylation is 1. The third-order valence-electron chi connectivity index (χ3n) is 4.24. The van der Waals surface area contributed by atoms with Crippen LogP contribution in [0.2, 0.25) is 5.02 Å². The Morgan fingerprint density at radius 3 is 3.08 bits per heavy atom. The topological polar surface area (TPSA) is 65.4 Å². The average Bonchev–Trinajstić information content (AvgIpc) is 3.21. The van der Waals surface area contributed by atoms with Gasteiger partial charge in [0.2, 0.25) is 5.91 Å². The van der Waals surface area contributed by atoms with Crippen molar-refractivity contribution >= 4 is 17.5 Å². The van der Waals surface area contributed by atoms with Gasteiger partial charge in [0.15, 0.2) is 0 Å². The molecule has 24 heavy (non-hydrogen) atoms. The number of amides is 1. The van der Waals surface area contributed by atoms with Crippen molar-refractivity contribution in [1.29, 1.82) is 0 Å². The number of imidazole rings is 1. The van der Waals surface area contributed by atoms with Crippen LogP contribution < -0.4 is 10.1 Å². The molecule has 1 aromatic heterocycles. The molecule has 3 rings (SSSR count). The number of methoxy groups -OCH3 is 1. The summed E-state index contributed by atoms with van der Waals surface area (Å²) in [6, 6.07) is 5.34. The molecule has 0 spiro atoms. The van der Waals surface area contributed by atoms with Gasteiger partial charge in [0.1, 0.15) is 17.7 Å². The second-order valence-electron chi connectivity index (χ2n) is 5.76. The number of benzene rings is 1. The van der Waals surface area contributed by atoms with Gasteiger partial charge in [-0.05, 0) is 24.6 Å². The van der Waals surface area contributed by atoms with Crippen molar-refractivity contribution < 1.29 is 14.3 Å². The van der Waals surface area contributed by atoms with Gasteiger partial charge in [-0.2, -0.15) is 0 Å². The molecule has 2 heterocycles. The second kappa shape index (κ2) is 7.23. The zero-order valence-corrected chi connectivity index (χ0v) is 14.4. The van der Waals surface area contributed by atoms with Crippen molar-refractivity contribution in [2.75, 3.05) is 13.7 Å². The predicted molar refractivity (Wildman–Crippen MR) is 89.9 cm³/mol. The summed E-state index contributed by atoms with van der Waals surface area (Å²) in [7, 11) is 3.49. The third kappa shape index (κ3) is 3.39. The minimum Gasteiger partial charge on any atom is -0.496 e. The van der Waals surface area contributed by atoms with Gasteiger partial charge < -0.3 is 19.4 Å². The molecule has 1 aromatic carbocycles. The standard InChI is InChI=1S/C17H20ClN3O3/c1-21-7-6-19-16(21)15-13(5-8-24-15)17(22)20-10-11-9-12(18)3-4-14(11)23-2/h3-4,6-7,9,13,15H,5,8,10H2,1-2H3,(H,20,22)/t13-,15-/m1/s1. The van der Waals surface area contributed by atoms with E-state index in [-0.39, 0.29) is 17.9 Å². The summed E-state index contributed by atoms with van der Waals surface area (Å²) in [6.45, 7) is 0.905. The van der Waals surface area contributed by atoms with Gasteiger partial charge in [0.05, 0.1) is 13.0 Å². The number of hydrogen-bond donors (Lipinski definition) is 1. The molecule has 6 nitrogen and oxygen atoms in total. The van der Waals surface area contributed by atoms with E-state index >= 15 is 0 Å². The van der Waals surface area contributed by atoms with Gasteiger partial charge in [0.25, 0.3) is 0 Å². The number of aromatic nitrogens is 2. The molecule has 0 saturated carbocycles. The largest absolute Gasteiger partial charge is 0.496 e. The summed E-state index contributed by atoms with van der Waals surface area (Å²) in [6.07, 6.45) is 3.92. The number of ether oxygens (including phenoxy) is 2. The molecule has 1 saturated heterocycles. The van der Waals surface area contributed by atoms with Crippen molar-refractivity contribution in [2.45, 2.75) is 19.1 Å². The second-order valence-corrected chi connectivity index (χ2v) is 6.19. The maximum Gasteiger partial charge on any atom is 0.226 e.